The molecule has 0 atom stereocenters. The first kappa shape index (κ1) is 18.9. The number of phenolic OH excluding ortho intramolecular Hbond substituents is 2. The van der Waals surface area contributed by atoms with Crippen LogP contribution in [0.4, 0.5) is 5.69 Å². The van der Waals surface area contributed by atoms with Crippen LogP contribution in [0.3, 0.4) is 0 Å². The molecule has 3 heterocycles. The van der Waals surface area contributed by atoms with Crippen molar-refractivity contribution >= 4 is 27.5 Å². The van der Waals surface area contributed by atoms with E-state index in [1.54, 1.807) is 12.1 Å². The van der Waals surface area contributed by atoms with Crippen molar-refractivity contribution in [3.8, 4) is 11.5 Å². The number of anilines is 1. The number of aromatic amines is 1. The van der Waals surface area contributed by atoms with E-state index in [9.17, 15) is 10.2 Å². The fourth-order valence-electron chi connectivity index (χ4n) is 4.87. The first-order valence-corrected chi connectivity index (χ1v) is 11.1. The highest BCUT2D eigenvalue weighted by Gasteiger charge is 2.18. The molecule has 0 radical (unpaired) electrons. The summed E-state index contributed by atoms with van der Waals surface area (Å²) in [5.41, 5.74) is 4.51. The maximum absolute atomic E-state index is 10.5. The summed E-state index contributed by atoms with van der Waals surface area (Å²) in [5, 5.41) is 22.5. The van der Waals surface area contributed by atoms with E-state index in [-0.39, 0.29) is 0 Å². The molecule has 0 aliphatic carbocycles. The summed E-state index contributed by atoms with van der Waals surface area (Å²) in [6.07, 6.45) is 11.1. The summed E-state index contributed by atoms with van der Waals surface area (Å²) in [7, 11) is 0. The van der Waals surface area contributed by atoms with Gasteiger partial charge in [-0.2, -0.15) is 0 Å². The summed E-state index contributed by atoms with van der Waals surface area (Å²) in [4.78, 5) is 5.60. The van der Waals surface area contributed by atoms with E-state index in [0.717, 1.165) is 55.5 Å². The summed E-state index contributed by atoms with van der Waals surface area (Å²) in [6.45, 7) is 3.03. The molecule has 30 heavy (non-hydrogen) atoms. The third-order valence-corrected chi connectivity index (χ3v) is 6.42. The van der Waals surface area contributed by atoms with E-state index in [4.69, 9.17) is 0 Å². The maximum Gasteiger partial charge on any atom is 0.139 e. The Hall–Kier alpha value is -3.08. The molecular formula is C25H29N3O2. The van der Waals surface area contributed by atoms with E-state index >= 15 is 0 Å². The molecule has 2 aromatic heterocycles. The standard InChI is InChI=1S/C25H29N3O2/c29-19-7-8-20-18(17-26-22(20)16-19)6-2-5-12-27-15-11-21-23(27)9-10-24(30)25(21)28-13-3-1-4-14-28/h7-11,15-17,26,29-30H,1-6,12-14H2. The number of rotatable bonds is 6. The van der Waals surface area contributed by atoms with Gasteiger partial charge in [0.25, 0.3) is 0 Å². The van der Waals surface area contributed by atoms with Gasteiger partial charge in [0.2, 0.25) is 0 Å². The van der Waals surface area contributed by atoms with Crippen LogP contribution in [0, 0.1) is 0 Å². The largest absolute Gasteiger partial charge is 0.508 e. The van der Waals surface area contributed by atoms with Crippen molar-refractivity contribution < 1.29 is 10.2 Å². The molecule has 156 valence electrons. The summed E-state index contributed by atoms with van der Waals surface area (Å²) < 4.78 is 2.31. The van der Waals surface area contributed by atoms with E-state index < -0.39 is 0 Å². The van der Waals surface area contributed by atoms with Gasteiger partial charge in [0.05, 0.1) is 11.2 Å². The molecule has 2 aromatic carbocycles. The first-order valence-electron chi connectivity index (χ1n) is 11.1. The van der Waals surface area contributed by atoms with Gasteiger partial charge < -0.3 is 24.7 Å². The Labute approximate surface area is 176 Å². The first-order chi connectivity index (χ1) is 14.7. The lowest BCUT2D eigenvalue weighted by atomic mass is 10.1. The number of nitrogens with one attached hydrogen (secondary N) is 1. The molecule has 0 spiro atoms. The second-order valence-corrected chi connectivity index (χ2v) is 8.42. The lowest BCUT2D eigenvalue weighted by Gasteiger charge is -2.30. The van der Waals surface area contributed by atoms with Gasteiger partial charge in [0.15, 0.2) is 0 Å². The molecule has 1 aliphatic rings. The van der Waals surface area contributed by atoms with Gasteiger partial charge in [-0.25, -0.2) is 0 Å². The molecule has 4 aromatic rings. The molecular weight excluding hydrogens is 374 g/mol. The molecule has 0 bridgehead atoms. The van der Waals surface area contributed by atoms with Crippen molar-refractivity contribution in [2.24, 2.45) is 0 Å². The number of aromatic nitrogens is 2. The maximum atomic E-state index is 10.5. The number of unbranched alkanes of at least 4 members (excludes halogenated alkanes) is 1. The smallest absolute Gasteiger partial charge is 0.139 e. The Morgan fingerprint density at radius 3 is 2.63 bits per heavy atom. The van der Waals surface area contributed by atoms with E-state index in [1.807, 2.05) is 18.2 Å². The Morgan fingerprint density at radius 2 is 1.77 bits per heavy atom. The molecule has 5 nitrogen and oxygen atoms in total. The number of aromatic hydroxyl groups is 2. The van der Waals surface area contributed by atoms with Crippen molar-refractivity contribution in [2.45, 2.75) is 45.1 Å². The van der Waals surface area contributed by atoms with Gasteiger partial charge in [-0.3, -0.25) is 0 Å². The minimum absolute atomic E-state index is 0.297. The highest BCUT2D eigenvalue weighted by Crippen LogP contribution is 2.37. The molecule has 1 saturated heterocycles. The normalized spacial score (nSPS) is 14.7. The van der Waals surface area contributed by atoms with Crippen LogP contribution in [0.25, 0.3) is 21.8 Å². The zero-order valence-corrected chi connectivity index (χ0v) is 17.3. The molecule has 5 heteroatoms. The highest BCUT2D eigenvalue weighted by molar-refractivity contribution is 5.96. The molecule has 3 N–H and O–H groups in total. The van der Waals surface area contributed by atoms with Crippen molar-refractivity contribution in [3.63, 3.8) is 0 Å². The topological polar surface area (TPSA) is 64.4 Å². The van der Waals surface area contributed by atoms with Crippen LogP contribution < -0.4 is 4.90 Å². The van der Waals surface area contributed by atoms with Crippen LogP contribution in [0.2, 0.25) is 0 Å². The average Bonchev–Trinajstić information content (AvgIpc) is 3.35. The predicted molar refractivity (Wildman–Crippen MR) is 123 cm³/mol. The molecule has 5 rings (SSSR count). The second-order valence-electron chi connectivity index (χ2n) is 8.42. The van der Waals surface area contributed by atoms with Crippen LogP contribution >= 0.6 is 0 Å². The summed E-state index contributed by atoms with van der Waals surface area (Å²) in [6, 6.07) is 11.6. The number of benzene rings is 2. The zero-order valence-electron chi connectivity index (χ0n) is 17.3. The van der Waals surface area contributed by atoms with Crippen molar-refractivity contribution in [3.05, 3.63) is 54.4 Å². The summed E-state index contributed by atoms with van der Waals surface area (Å²) in [5.74, 6) is 0.692. The third-order valence-electron chi connectivity index (χ3n) is 6.42. The number of H-pyrrole nitrogens is 1. The quantitative estimate of drug-likeness (QED) is 0.370. The van der Waals surface area contributed by atoms with E-state index in [1.165, 1.54) is 35.7 Å². The second kappa shape index (κ2) is 7.98. The van der Waals surface area contributed by atoms with E-state index in [0.29, 0.717) is 11.5 Å². The van der Waals surface area contributed by atoms with Crippen molar-refractivity contribution in [1.29, 1.82) is 0 Å². The third kappa shape index (κ3) is 3.49. The highest BCUT2D eigenvalue weighted by atomic mass is 16.3. The van der Waals surface area contributed by atoms with Crippen LogP contribution in [0.15, 0.2) is 48.8 Å². The molecule has 0 amide bonds. The van der Waals surface area contributed by atoms with Crippen LogP contribution in [-0.4, -0.2) is 32.9 Å². The number of piperidine rings is 1. The Bertz CT molecular complexity index is 1170. The van der Waals surface area contributed by atoms with Crippen LogP contribution in [0.5, 0.6) is 11.5 Å². The van der Waals surface area contributed by atoms with Gasteiger partial charge in [0, 0.05) is 54.4 Å². The minimum atomic E-state index is 0.297. The molecule has 0 saturated carbocycles. The minimum Gasteiger partial charge on any atom is -0.508 e. The number of aryl methyl sites for hydroxylation is 2. The lowest BCUT2D eigenvalue weighted by Crippen LogP contribution is -2.29. The molecule has 1 fully saturated rings. The van der Waals surface area contributed by atoms with E-state index in [2.05, 4.69) is 32.9 Å². The fourth-order valence-corrected chi connectivity index (χ4v) is 4.87. The lowest BCUT2D eigenvalue weighted by molar-refractivity contribution is 0.470. The Kier molecular flexibility index (Phi) is 5.03. The van der Waals surface area contributed by atoms with Crippen molar-refractivity contribution in [1.82, 2.24) is 9.55 Å². The Balaban J connectivity index is 1.28. The number of phenols is 2. The number of nitrogens with zero attached hydrogens (tertiary/aromatic N) is 2. The predicted octanol–water partition coefficient (Wildman–Crippen LogP) is 5.55. The summed E-state index contributed by atoms with van der Waals surface area (Å²) >= 11 is 0. The molecule has 1 aliphatic heterocycles. The number of hydrogen-bond donors (Lipinski definition) is 3. The SMILES string of the molecule is Oc1ccc2c(CCCCn3ccc4c(N5CCCCC5)c(O)ccc43)c[nH]c2c1. The van der Waals surface area contributed by atoms with Crippen LogP contribution in [0.1, 0.15) is 37.7 Å². The van der Waals surface area contributed by atoms with Crippen LogP contribution in [-0.2, 0) is 13.0 Å². The van der Waals surface area contributed by atoms with Gasteiger partial charge in [0.1, 0.15) is 11.5 Å². The van der Waals surface area contributed by atoms with Crippen molar-refractivity contribution in [2.75, 3.05) is 18.0 Å². The number of fused-ring (bicyclic) bond motifs is 2. The molecule has 0 unspecified atom stereocenters. The number of hydrogen-bond acceptors (Lipinski definition) is 3. The van der Waals surface area contributed by atoms with Gasteiger partial charge in [-0.05, 0) is 74.4 Å². The monoisotopic (exact) mass is 403 g/mol. The van der Waals surface area contributed by atoms with Gasteiger partial charge in [-0.1, -0.05) is 0 Å². The average molecular weight is 404 g/mol. The van der Waals surface area contributed by atoms with Gasteiger partial charge >= 0.3 is 0 Å². The Morgan fingerprint density at radius 1 is 0.900 bits per heavy atom. The van der Waals surface area contributed by atoms with Gasteiger partial charge in [-0.15, -0.1) is 0 Å². The fraction of sp³-hybridized carbons (Fsp3) is 0.360. The zero-order chi connectivity index (χ0) is 20.5.